The van der Waals surface area contributed by atoms with Crippen molar-refractivity contribution in [3.8, 4) is 5.75 Å². The number of benzene rings is 2. The van der Waals surface area contributed by atoms with E-state index in [1.54, 1.807) is 25.1 Å². The Bertz CT molecular complexity index is 836. The first-order valence-electron chi connectivity index (χ1n) is 10.0. The van der Waals surface area contributed by atoms with E-state index >= 15 is 0 Å². The number of hydrogen-bond donors (Lipinski definition) is 1. The zero-order valence-corrected chi connectivity index (χ0v) is 19.1. The van der Waals surface area contributed by atoms with E-state index in [4.69, 9.17) is 27.9 Å². The lowest BCUT2D eigenvalue weighted by atomic mass is 10.1. The van der Waals surface area contributed by atoms with Gasteiger partial charge in [-0.15, -0.1) is 0 Å². The Labute approximate surface area is 188 Å². The number of aryl methyl sites for hydroxylation is 1. The Hall–Kier alpha value is -2.24. The third kappa shape index (κ3) is 6.92. The molecule has 0 aliphatic rings. The van der Waals surface area contributed by atoms with Gasteiger partial charge in [-0.25, -0.2) is 0 Å². The van der Waals surface area contributed by atoms with Crippen molar-refractivity contribution in [3.05, 3.63) is 63.6 Å². The molecule has 2 amide bonds. The summed E-state index contributed by atoms with van der Waals surface area (Å²) in [6.07, 6.45) is 0.777. The molecule has 2 aromatic rings. The number of halogens is 2. The smallest absolute Gasteiger partial charge is 0.242 e. The zero-order valence-electron chi connectivity index (χ0n) is 17.6. The van der Waals surface area contributed by atoms with Gasteiger partial charge < -0.3 is 15.0 Å². The number of carbonyl (C=O) groups is 2. The van der Waals surface area contributed by atoms with Crippen LogP contribution in [0.1, 0.15) is 37.8 Å². The standard InChI is InChI=1S/C23H28Cl2N2O3/c1-4-26-23(29)17(3)27(15-19-20(24)7-5-8-21(19)25)22(28)9-6-14-30-18-12-10-16(2)11-13-18/h5,7-8,10-13,17H,4,6,9,14-15H2,1-3H3,(H,26,29)/t17-/m1/s1. The lowest BCUT2D eigenvalue weighted by molar-refractivity contribution is -0.140. The molecule has 0 saturated carbocycles. The summed E-state index contributed by atoms with van der Waals surface area (Å²) in [6.45, 7) is 6.61. The molecule has 1 atom stereocenters. The maximum atomic E-state index is 13.0. The van der Waals surface area contributed by atoms with Gasteiger partial charge in [-0.05, 0) is 51.5 Å². The van der Waals surface area contributed by atoms with E-state index < -0.39 is 6.04 Å². The van der Waals surface area contributed by atoms with Gasteiger partial charge in [-0.3, -0.25) is 9.59 Å². The molecular weight excluding hydrogens is 423 g/mol. The molecule has 0 radical (unpaired) electrons. The van der Waals surface area contributed by atoms with Gasteiger partial charge >= 0.3 is 0 Å². The van der Waals surface area contributed by atoms with Crippen molar-refractivity contribution in [1.29, 1.82) is 0 Å². The Balaban J connectivity index is 2.04. The van der Waals surface area contributed by atoms with E-state index in [1.165, 1.54) is 4.90 Å². The van der Waals surface area contributed by atoms with E-state index in [0.717, 1.165) is 11.3 Å². The van der Waals surface area contributed by atoms with Crippen molar-refractivity contribution >= 4 is 35.0 Å². The highest BCUT2D eigenvalue weighted by Gasteiger charge is 2.26. The van der Waals surface area contributed by atoms with Gasteiger partial charge in [0.1, 0.15) is 11.8 Å². The second-order valence-corrected chi connectivity index (χ2v) is 7.87. The van der Waals surface area contributed by atoms with Gasteiger partial charge in [0.2, 0.25) is 11.8 Å². The fraction of sp³-hybridized carbons (Fsp3) is 0.391. The summed E-state index contributed by atoms with van der Waals surface area (Å²) in [5.41, 5.74) is 1.78. The second-order valence-electron chi connectivity index (χ2n) is 7.06. The first-order chi connectivity index (χ1) is 14.3. The molecule has 0 unspecified atom stereocenters. The first kappa shape index (κ1) is 24.0. The molecule has 5 nitrogen and oxygen atoms in total. The number of nitrogens with zero attached hydrogens (tertiary/aromatic N) is 1. The average Bonchev–Trinajstić information content (AvgIpc) is 2.72. The maximum Gasteiger partial charge on any atom is 0.242 e. The highest BCUT2D eigenvalue weighted by atomic mass is 35.5. The number of rotatable bonds is 10. The van der Waals surface area contributed by atoms with E-state index in [2.05, 4.69) is 5.32 Å². The van der Waals surface area contributed by atoms with E-state index in [0.29, 0.717) is 35.2 Å². The van der Waals surface area contributed by atoms with Crippen LogP contribution < -0.4 is 10.1 Å². The molecule has 0 aliphatic carbocycles. The van der Waals surface area contributed by atoms with Crippen molar-refractivity contribution in [2.45, 2.75) is 46.2 Å². The van der Waals surface area contributed by atoms with Gasteiger partial charge in [0.15, 0.2) is 0 Å². The molecule has 2 rings (SSSR count). The molecule has 0 aromatic heterocycles. The summed E-state index contributed by atoms with van der Waals surface area (Å²) in [4.78, 5) is 26.9. The Morgan fingerprint density at radius 3 is 2.33 bits per heavy atom. The molecule has 0 saturated heterocycles. The summed E-state index contributed by atoms with van der Waals surface area (Å²) in [7, 11) is 0. The predicted octanol–water partition coefficient (Wildman–Crippen LogP) is 5.01. The number of nitrogens with one attached hydrogen (secondary N) is 1. The van der Waals surface area contributed by atoms with Crippen molar-refractivity contribution < 1.29 is 14.3 Å². The van der Waals surface area contributed by atoms with Crippen LogP contribution in [0.3, 0.4) is 0 Å². The zero-order chi connectivity index (χ0) is 22.1. The SMILES string of the molecule is CCNC(=O)[C@@H](C)N(Cc1c(Cl)cccc1Cl)C(=O)CCCOc1ccc(C)cc1. The largest absolute Gasteiger partial charge is 0.494 e. The fourth-order valence-electron chi connectivity index (χ4n) is 2.95. The lowest BCUT2D eigenvalue weighted by Gasteiger charge is -2.29. The van der Waals surface area contributed by atoms with Crippen molar-refractivity contribution in [2.75, 3.05) is 13.2 Å². The topological polar surface area (TPSA) is 58.6 Å². The first-order valence-corrected chi connectivity index (χ1v) is 10.8. The van der Waals surface area contributed by atoms with Gasteiger partial charge in [0, 0.05) is 35.1 Å². The van der Waals surface area contributed by atoms with Crippen LogP contribution in [0.2, 0.25) is 10.0 Å². The quantitative estimate of drug-likeness (QED) is 0.517. The average molecular weight is 451 g/mol. The molecule has 0 aliphatic heterocycles. The van der Waals surface area contributed by atoms with Crippen LogP contribution in [0.15, 0.2) is 42.5 Å². The van der Waals surface area contributed by atoms with Crippen LogP contribution in [-0.4, -0.2) is 35.9 Å². The lowest BCUT2D eigenvalue weighted by Crippen LogP contribution is -2.47. The number of likely N-dealkylation sites (N-methyl/N-ethyl adjacent to an activating group) is 1. The molecule has 0 fully saturated rings. The number of hydrogen-bond acceptors (Lipinski definition) is 3. The van der Waals surface area contributed by atoms with Crippen LogP contribution in [0.25, 0.3) is 0 Å². The van der Waals surface area contributed by atoms with Crippen molar-refractivity contribution in [2.24, 2.45) is 0 Å². The summed E-state index contributed by atoms with van der Waals surface area (Å²) in [5.74, 6) is 0.394. The minimum absolute atomic E-state index is 0.155. The maximum absolute atomic E-state index is 13.0. The minimum atomic E-state index is -0.650. The van der Waals surface area contributed by atoms with Gasteiger partial charge in [-0.2, -0.15) is 0 Å². The van der Waals surface area contributed by atoms with Crippen molar-refractivity contribution in [1.82, 2.24) is 10.2 Å². The van der Waals surface area contributed by atoms with Crippen LogP contribution in [0.4, 0.5) is 0 Å². The van der Waals surface area contributed by atoms with E-state index in [1.807, 2.05) is 38.1 Å². The minimum Gasteiger partial charge on any atom is -0.494 e. The summed E-state index contributed by atoms with van der Waals surface area (Å²) in [5, 5.41) is 3.69. The molecular formula is C23H28Cl2N2O3. The molecule has 162 valence electrons. The molecule has 1 N–H and O–H groups in total. The summed E-state index contributed by atoms with van der Waals surface area (Å²) >= 11 is 12.6. The predicted molar refractivity (Wildman–Crippen MR) is 121 cm³/mol. The fourth-order valence-corrected chi connectivity index (χ4v) is 3.47. The molecule has 0 heterocycles. The highest BCUT2D eigenvalue weighted by molar-refractivity contribution is 6.36. The van der Waals surface area contributed by atoms with Crippen molar-refractivity contribution in [3.63, 3.8) is 0 Å². The summed E-state index contributed by atoms with van der Waals surface area (Å²) < 4.78 is 5.70. The number of carbonyl (C=O) groups excluding carboxylic acids is 2. The highest BCUT2D eigenvalue weighted by Crippen LogP contribution is 2.27. The summed E-state index contributed by atoms with van der Waals surface area (Å²) in [6, 6.07) is 12.3. The Morgan fingerprint density at radius 2 is 1.73 bits per heavy atom. The van der Waals surface area contributed by atoms with Crippen LogP contribution >= 0.6 is 23.2 Å². The van der Waals surface area contributed by atoms with E-state index in [-0.39, 0.29) is 24.8 Å². The second kappa shape index (κ2) is 11.8. The number of amides is 2. The monoisotopic (exact) mass is 450 g/mol. The Morgan fingerprint density at radius 1 is 1.10 bits per heavy atom. The van der Waals surface area contributed by atoms with Gasteiger partial charge in [-0.1, -0.05) is 47.0 Å². The Kier molecular flexibility index (Phi) is 9.47. The molecule has 0 bridgehead atoms. The van der Waals surface area contributed by atoms with E-state index in [9.17, 15) is 9.59 Å². The molecule has 30 heavy (non-hydrogen) atoms. The molecule has 0 spiro atoms. The normalized spacial score (nSPS) is 11.6. The third-order valence-electron chi connectivity index (χ3n) is 4.73. The van der Waals surface area contributed by atoms with Crippen LogP contribution in [0, 0.1) is 6.92 Å². The van der Waals surface area contributed by atoms with Gasteiger partial charge in [0.25, 0.3) is 0 Å². The number of ether oxygens (including phenoxy) is 1. The molecule has 7 heteroatoms. The van der Waals surface area contributed by atoms with Gasteiger partial charge in [0.05, 0.1) is 6.61 Å². The molecule has 2 aromatic carbocycles. The third-order valence-corrected chi connectivity index (χ3v) is 5.44. The van der Waals surface area contributed by atoms with Crippen LogP contribution in [-0.2, 0) is 16.1 Å². The van der Waals surface area contributed by atoms with Crippen LogP contribution in [0.5, 0.6) is 5.75 Å².